The van der Waals surface area contributed by atoms with Gasteiger partial charge in [0.25, 0.3) is 17.4 Å². The number of amides is 1. The molecule has 2 aromatic heterocycles. The molecule has 1 saturated heterocycles. The number of furan rings is 2. The van der Waals surface area contributed by atoms with Gasteiger partial charge >= 0.3 is 0 Å². The monoisotopic (exact) mass is 408 g/mol. The number of Topliss-reactive ketones (excluding diaryl/α,β-unsaturated/α-hetero) is 1. The van der Waals surface area contributed by atoms with Crippen molar-refractivity contribution in [2.75, 3.05) is 0 Å². The summed E-state index contributed by atoms with van der Waals surface area (Å²) in [6.07, 6.45) is 1.45. The Bertz CT molecular complexity index is 1160. The van der Waals surface area contributed by atoms with E-state index in [0.717, 1.165) is 0 Å². The minimum atomic E-state index is -0.973. The Balaban J connectivity index is 1.83. The molecule has 9 heteroatoms. The summed E-state index contributed by atoms with van der Waals surface area (Å²) in [5, 5.41) is 21.7. The van der Waals surface area contributed by atoms with Crippen molar-refractivity contribution in [1.29, 1.82) is 0 Å². The lowest BCUT2D eigenvalue weighted by Crippen LogP contribution is -2.28. The highest BCUT2D eigenvalue weighted by molar-refractivity contribution is 6.46. The number of aliphatic hydroxyl groups is 1. The van der Waals surface area contributed by atoms with Crippen LogP contribution in [0.2, 0.25) is 0 Å². The van der Waals surface area contributed by atoms with E-state index < -0.39 is 28.4 Å². The third-order valence-electron chi connectivity index (χ3n) is 4.83. The lowest BCUT2D eigenvalue weighted by atomic mass is 9.99. The fourth-order valence-corrected chi connectivity index (χ4v) is 3.41. The number of aliphatic hydroxyl groups excluding tert-OH is 1. The second-order valence-electron chi connectivity index (χ2n) is 6.76. The van der Waals surface area contributed by atoms with Crippen LogP contribution in [0.25, 0.3) is 5.76 Å². The molecule has 1 unspecified atom stereocenters. The first-order chi connectivity index (χ1) is 14.4. The summed E-state index contributed by atoms with van der Waals surface area (Å²) in [4.78, 5) is 37.2. The number of benzene rings is 1. The number of ketones is 1. The molecule has 1 N–H and O–H groups in total. The maximum atomic E-state index is 12.8. The van der Waals surface area contributed by atoms with Gasteiger partial charge in [0.2, 0.25) is 0 Å². The van der Waals surface area contributed by atoms with Gasteiger partial charge in [-0.15, -0.1) is 0 Å². The van der Waals surface area contributed by atoms with Crippen LogP contribution in [0.3, 0.4) is 0 Å². The minimum absolute atomic E-state index is 0.000963. The Labute approximate surface area is 170 Å². The van der Waals surface area contributed by atoms with Gasteiger partial charge < -0.3 is 18.8 Å². The molecule has 30 heavy (non-hydrogen) atoms. The van der Waals surface area contributed by atoms with Crippen LogP contribution >= 0.6 is 0 Å². The van der Waals surface area contributed by atoms with Crippen molar-refractivity contribution < 1.29 is 28.5 Å². The Morgan fingerprint density at radius 2 is 1.90 bits per heavy atom. The molecular weight excluding hydrogens is 392 g/mol. The summed E-state index contributed by atoms with van der Waals surface area (Å²) in [6.45, 7) is 1.72. The first-order valence-electron chi connectivity index (χ1n) is 8.99. The lowest BCUT2D eigenvalue weighted by molar-refractivity contribution is -0.384. The Morgan fingerprint density at radius 1 is 1.17 bits per heavy atom. The summed E-state index contributed by atoms with van der Waals surface area (Å²) >= 11 is 0. The Morgan fingerprint density at radius 3 is 2.47 bits per heavy atom. The van der Waals surface area contributed by atoms with Crippen LogP contribution < -0.4 is 0 Å². The average molecular weight is 408 g/mol. The van der Waals surface area contributed by atoms with E-state index in [1.807, 2.05) is 0 Å². The molecule has 3 aromatic rings. The first kappa shape index (κ1) is 19.2. The number of carbonyl (C=O) groups excluding carboxylic acids is 2. The second-order valence-corrected chi connectivity index (χ2v) is 6.76. The molecule has 3 heterocycles. The van der Waals surface area contributed by atoms with E-state index in [1.54, 1.807) is 31.2 Å². The molecule has 9 nitrogen and oxygen atoms in total. The van der Waals surface area contributed by atoms with Gasteiger partial charge in [-0.05, 0) is 43.3 Å². The predicted molar refractivity (Wildman–Crippen MR) is 103 cm³/mol. The Hall–Kier alpha value is -4.14. The van der Waals surface area contributed by atoms with Crippen LogP contribution in [0.5, 0.6) is 0 Å². The summed E-state index contributed by atoms with van der Waals surface area (Å²) in [7, 11) is 0. The van der Waals surface area contributed by atoms with Crippen molar-refractivity contribution in [1.82, 2.24) is 4.90 Å². The van der Waals surface area contributed by atoms with Crippen LogP contribution in [0.4, 0.5) is 5.69 Å². The van der Waals surface area contributed by atoms with Crippen molar-refractivity contribution in [2.24, 2.45) is 0 Å². The highest BCUT2D eigenvalue weighted by Crippen LogP contribution is 2.41. The average Bonchev–Trinajstić information content (AvgIpc) is 3.45. The van der Waals surface area contributed by atoms with Crippen LogP contribution in [0, 0.1) is 17.0 Å². The number of rotatable bonds is 5. The van der Waals surface area contributed by atoms with E-state index >= 15 is 0 Å². The zero-order valence-electron chi connectivity index (χ0n) is 15.8. The summed E-state index contributed by atoms with van der Waals surface area (Å²) < 4.78 is 11.0. The SMILES string of the molecule is Cc1ccc(C2/C(=C(/O)c3ccc([N+](=O)[O-])cc3)C(=O)C(=O)N2Cc2ccco2)o1. The molecule has 1 aromatic carbocycles. The van der Waals surface area contributed by atoms with Crippen LogP contribution in [0.1, 0.15) is 28.9 Å². The maximum absolute atomic E-state index is 12.8. The second kappa shape index (κ2) is 7.36. The topological polar surface area (TPSA) is 127 Å². The van der Waals surface area contributed by atoms with E-state index in [-0.39, 0.29) is 23.4 Å². The third-order valence-corrected chi connectivity index (χ3v) is 4.83. The molecule has 4 rings (SSSR count). The standard InChI is InChI=1S/C21H16N2O7/c1-12-4-9-16(30-12)18-17(19(24)13-5-7-14(8-6-13)23(27)28)20(25)21(26)22(18)11-15-3-2-10-29-15/h2-10,18,24H,11H2,1H3/b19-17-. The highest BCUT2D eigenvalue weighted by Gasteiger charge is 2.47. The number of nitrogens with zero attached hydrogens (tertiary/aromatic N) is 2. The van der Waals surface area contributed by atoms with Crippen molar-refractivity contribution in [3.05, 3.63) is 93.3 Å². The first-order valence-corrected chi connectivity index (χ1v) is 8.99. The van der Waals surface area contributed by atoms with Gasteiger partial charge in [0, 0.05) is 17.7 Å². The number of carbonyl (C=O) groups is 2. The number of nitro benzene ring substituents is 1. The number of hydrogen-bond donors (Lipinski definition) is 1. The predicted octanol–water partition coefficient (Wildman–Crippen LogP) is 3.71. The van der Waals surface area contributed by atoms with Crippen molar-refractivity contribution >= 4 is 23.1 Å². The molecule has 0 saturated carbocycles. The largest absolute Gasteiger partial charge is 0.507 e. The van der Waals surface area contributed by atoms with E-state index in [9.17, 15) is 24.8 Å². The van der Waals surface area contributed by atoms with Crippen LogP contribution in [-0.4, -0.2) is 26.6 Å². The summed E-state index contributed by atoms with van der Waals surface area (Å²) in [5.74, 6) is -0.791. The fraction of sp³-hybridized carbons (Fsp3) is 0.143. The van der Waals surface area contributed by atoms with Crippen molar-refractivity contribution in [2.45, 2.75) is 19.5 Å². The van der Waals surface area contributed by atoms with Gasteiger partial charge in [-0.2, -0.15) is 0 Å². The summed E-state index contributed by atoms with van der Waals surface area (Å²) in [5.41, 5.74) is -0.150. The van der Waals surface area contributed by atoms with Gasteiger partial charge in [0.15, 0.2) is 0 Å². The third kappa shape index (κ3) is 3.26. The molecule has 152 valence electrons. The van der Waals surface area contributed by atoms with Crippen LogP contribution in [0.15, 0.2) is 69.2 Å². The fourth-order valence-electron chi connectivity index (χ4n) is 3.41. The molecule has 1 aliphatic rings. The van der Waals surface area contributed by atoms with E-state index in [2.05, 4.69) is 0 Å². The van der Waals surface area contributed by atoms with E-state index in [0.29, 0.717) is 17.3 Å². The van der Waals surface area contributed by atoms with E-state index in [4.69, 9.17) is 8.83 Å². The van der Waals surface area contributed by atoms with Crippen LogP contribution in [-0.2, 0) is 16.1 Å². The smallest absolute Gasteiger partial charge is 0.296 e. The minimum Gasteiger partial charge on any atom is -0.507 e. The molecule has 1 amide bonds. The molecular formula is C21H16N2O7. The molecule has 0 radical (unpaired) electrons. The molecule has 1 atom stereocenters. The quantitative estimate of drug-likeness (QED) is 0.224. The molecule has 1 fully saturated rings. The number of hydrogen-bond acceptors (Lipinski definition) is 7. The zero-order valence-corrected chi connectivity index (χ0v) is 15.8. The van der Waals surface area contributed by atoms with Crippen molar-refractivity contribution in [3.63, 3.8) is 0 Å². The molecule has 1 aliphatic heterocycles. The zero-order chi connectivity index (χ0) is 21.4. The number of likely N-dealkylation sites (tertiary alicyclic amines) is 1. The number of aryl methyl sites for hydroxylation is 1. The van der Waals surface area contributed by atoms with Gasteiger partial charge in [-0.1, -0.05) is 0 Å². The van der Waals surface area contributed by atoms with Gasteiger partial charge in [0.1, 0.15) is 29.1 Å². The van der Waals surface area contributed by atoms with Gasteiger partial charge in [-0.3, -0.25) is 19.7 Å². The molecule has 0 bridgehead atoms. The normalized spacial score (nSPS) is 18.2. The lowest BCUT2D eigenvalue weighted by Gasteiger charge is -2.22. The number of non-ortho nitro benzene ring substituents is 1. The molecule has 0 spiro atoms. The highest BCUT2D eigenvalue weighted by atomic mass is 16.6. The molecule has 0 aliphatic carbocycles. The number of nitro groups is 1. The van der Waals surface area contributed by atoms with E-state index in [1.165, 1.54) is 35.4 Å². The summed E-state index contributed by atoms with van der Waals surface area (Å²) in [6, 6.07) is 10.7. The maximum Gasteiger partial charge on any atom is 0.296 e. The van der Waals surface area contributed by atoms with Gasteiger partial charge in [0.05, 0.1) is 23.3 Å². The van der Waals surface area contributed by atoms with Crippen molar-refractivity contribution in [3.8, 4) is 0 Å². The Kier molecular flexibility index (Phi) is 4.71. The van der Waals surface area contributed by atoms with Gasteiger partial charge in [-0.25, -0.2) is 0 Å².